The summed E-state index contributed by atoms with van der Waals surface area (Å²) in [6, 6.07) is 4.39. The summed E-state index contributed by atoms with van der Waals surface area (Å²) in [6.45, 7) is 5.52. The van der Waals surface area contributed by atoms with Crippen molar-refractivity contribution in [3.63, 3.8) is 0 Å². The van der Waals surface area contributed by atoms with Crippen molar-refractivity contribution in [1.82, 2.24) is 9.80 Å². The number of hydrogen-bond acceptors (Lipinski definition) is 4. The zero-order valence-corrected chi connectivity index (χ0v) is 9.97. The second-order valence-corrected chi connectivity index (χ2v) is 4.99. The molecule has 0 saturated carbocycles. The van der Waals surface area contributed by atoms with Crippen LogP contribution in [0.4, 0.5) is 0 Å². The van der Waals surface area contributed by atoms with E-state index < -0.39 is 0 Å². The van der Waals surface area contributed by atoms with E-state index in [9.17, 15) is 4.79 Å². The molecule has 92 valence electrons. The molecule has 1 aromatic heterocycles. The second kappa shape index (κ2) is 4.63. The van der Waals surface area contributed by atoms with Gasteiger partial charge in [0, 0.05) is 25.7 Å². The lowest BCUT2D eigenvalue weighted by molar-refractivity contribution is 0.0930. The molecule has 0 spiro atoms. The highest BCUT2D eigenvalue weighted by atomic mass is 16.3. The van der Waals surface area contributed by atoms with E-state index in [4.69, 9.17) is 4.42 Å². The average molecular weight is 234 g/mol. The summed E-state index contributed by atoms with van der Waals surface area (Å²) in [6.07, 6.45) is 3.43. The maximum Gasteiger partial charge on any atom is 0.185 e. The van der Waals surface area contributed by atoms with Crippen LogP contribution in [0.1, 0.15) is 29.2 Å². The molecule has 17 heavy (non-hydrogen) atoms. The van der Waals surface area contributed by atoms with Crippen LogP contribution < -0.4 is 0 Å². The van der Waals surface area contributed by atoms with E-state index >= 15 is 0 Å². The lowest BCUT2D eigenvalue weighted by Gasteiger charge is -2.37. The van der Waals surface area contributed by atoms with Gasteiger partial charge in [-0.2, -0.15) is 0 Å². The number of furan rings is 1. The predicted octanol–water partition coefficient (Wildman–Crippen LogP) is 1.37. The van der Waals surface area contributed by atoms with E-state index in [1.807, 2.05) is 6.07 Å². The van der Waals surface area contributed by atoms with E-state index in [2.05, 4.69) is 9.80 Å². The minimum atomic E-state index is 0.430. The Bertz CT molecular complexity index is 402. The summed E-state index contributed by atoms with van der Waals surface area (Å²) in [7, 11) is 0. The fourth-order valence-corrected chi connectivity index (χ4v) is 2.96. The quantitative estimate of drug-likeness (QED) is 0.740. The first-order valence-corrected chi connectivity index (χ1v) is 6.35. The van der Waals surface area contributed by atoms with Gasteiger partial charge < -0.3 is 4.42 Å². The monoisotopic (exact) mass is 234 g/mol. The van der Waals surface area contributed by atoms with E-state index in [0.29, 0.717) is 5.76 Å². The maximum atomic E-state index is 10.5. The second-order valence-electron chi connectivity index (χ2n) is 4.99. The molecule has 3 rings (SSSR count). The standard InChI is InChI=1S/C13H18N2O2/c16-10-13-4-3-12(17-13)9-14-6-7-15-5-1-2-11(15)8-14/h3-4,10-11H,1-2,5-9H2. The summed E-state index contributed by atoms with van der Waals surface area (Å²) in [4.78, 5) is 15.6. The topological polar surface area (TPSA) is 36.7 Å². The highest BCUT2D eigenvalue weighted by molar-refractivity contribution is 5.70. The van der Waals surface area contributed by atoms with E-state index in [1.165, 1.54) is 25.9 Å². The van der Waals surface area contributed by atoms with Gasteiger partial charge in [0.15, 0.2) is 12.0 Å². The van der Waals surface area contributed by atoms with Gasteiger partial charge in [0.1, 0.15) is 5.76 Å². The minimum Gasteiger partial charge on any atom is -0.457 e. The van der Waals surface area contributed by atoms with Crippen LogP contribution in [0, 0.1) is 0 Å². The van der Waals surface area contributed by atoms with Gasteiger partial charge in [-0.05, 0) is 31.5 Å². The van der Waals surface area contributed by atoms with Crippen LogP contribution in [-0.4, -0.2) is 48.3 Å². The van der Waals surface area contributed by atoms with E-state index in [1.54, 1.807) is 6.07 Å². The van der Waals surface area contributed by atoms with Gasteiger partial charge in [-0.25, -0.2) is 0 Å². The Labute approximate surface area is 101 Å². The highest BCUT2D eigenvalue weighted by Gasteiger charge is 2.30. The maximum absolute atomic E-state index is 10.5. The summed E-state index contributed by atoms with van der Waals surface area (Å²) in [5.41, 5.74) is 0. The molecule has 1 unspecified atom stereocenters. The number of nitrogens with zero attached hydrogens (tertiary/aromatic N) is 2. The number of carbonyl (C=O) groups excluding carboxylic acids is 1. The van der Waals surface area contributed by atoms with Crippen molar-refractivity contribution in [2.24, 2.45) is 0 Å². The normalized spacial score (nSPS) is 26.0. The number of fused-ring (bicyclic) bond motifs is 1. The third-order valence-corrected chi connectivity index (χ3v) is 3.85. The number of rotatable bonds is 3. The average Bonchev–Trinajstić information content (AvgIpc) is 2.96. The molecule has 1 atom stereocenters. The number of carbonyl (C=O) groups is 1. The zero-order chi connectivity index (χ0) is 11.7. The fraction of sp³-hybridized carbons (Fsp3) is 0.615. The molecule has 0 amide bonds. The van der Waals surface area contributed by atoms with Gasteiger partial charge in [-0.3, -0.25) is 14.6 Å². The molecule has 0 N–H and O–H groups in total. The molecule has 2 saturated heterocycles. The Kier molecular flexibility index (Phi) is 2.99. The predicted molar refractivity (Wildman–Crippen MR) is 64.0 cm³/mol. The van der Waals surface area contributed by atoms with E-state index in [-0.39, 0.29) is 0 Å². The largest absolute Gasteiger partial charge is 0.457 e. The molecule has 2 fully saturated rings. The number of hydrogen-bond donors (Lipinski definition) is 0. The molecular formula is C13H18N2O2. The number of aldehydes is 1. The van der Waals surface area contributed by atoms with Crippen molar-refractivity contribution in [2.45, 2.75) is 25.4 Å². The molecule has 3 heterocycles. The van der Waals surface area contributed by atoms with Gasteiger partial charge in [0.05, 0.1) is 6.54 Å². The zero-order valence-electron chi connectivity index (χ0n) is 9.97. The first kappa shape index (κ1) is 11.0. The first-order chi connectivity index (χ1) is 8.35. The highest BCUT2D eigenvalue weighted by Crippen LogP contribution is 2.22. The summed E-state index contributed by atoms with van der Waals surface area (Å²) >= 11 is 0. The van der Waals surface area contributed by atoms with Crippen molar-refractivity contribution < 1.29 is 9.21 Å². The molecule has 1 aromatic rings. The van der Waals surface area contributed by atoms with Crippen LogP contribution >= 0.6 is 0 Å². The van der Waals surface area contributed by atoms with Crippen LogP contribution in [0.3, 0.4) is 0 Å². The smallest absolute Gasteiger partial charge is 0.185 e. The van der Waals surface area contributed by atoms with Gasteiger partial charge in [0.25, 0.3) is 0 Å². The van der Waals surface area contributed by atoms with Crippen molar-refractivity contribution >= 4 is 6.29 Å². The van der Waals surface area contributed by atoms with Crippen LogP contribution in [0.15, 0.2) is 16.5 Å². The molecule has 0 bridgehead atoms. The van der Waals surface area contributed by atoms with Crippen LogP contribution in [0.25, 0.3) is 0 Å². The van der Waals surface area contributed by atoms with Crippen molar-refractivity contribution in [3.05, 3.63) is 23.7 Å². The van der Waals surface area contributed by atoms with E-state index in [0.717, 1.165) is 37.7 Å². The third kappa shape index (κ3) is 2.28. The molecule has 4 heteroatoms. The Hall–Kier alpha value is -1.13. The van der Waals surface area contributed by atoms with Gasteiger partial charge in [0.2, 0.25) is 0 Å². The van der Waals surface area contributed by atoms with Crippen LogP contribution in [-0.2, 0) is 6.54 Å². The SMILES string of the molecule is O=Cc1ccc(CN2CCN3CCCC3C2)o1. The summed E-state index contributed by atoms with van der Waals surface area (Å²) in [5.74, 6) is 1.33. The van der Waals surface area contributed by atoms with Crippen molar-refractivity contribution in [3.8, 4) is 0 Å². The molecule has 2 aliphatic rings. The number of piperazine rings is 1. The van der Waals surface area contributed by atoms with Crippen LogP contribution in [0.2, 0.25) is 0 Å². The molecule has 4 nitrogen and oxygen atoms in total. The van der Waals surface area contributed by atoms with Crippen LogP contribution in [0.5, 0.6) is 0 Å². The summed E-state index contributed by atoms with van der Waals surface area (Å²) in [5, 5.41) is 0. The molecular weight excluding hydrogens is 216 g/mol. The molecule has 0 aromatic carbocycles. The Morgan fingerprint density at radius 1 is 1.35 bits per heavy atom. The van der Waals surface area contributed by atoms with Gasteiger partial charge in [-0.1, -0.05) is 0 Å². The van der Waals surface area contributed by atoms with Crippen molar-refractivity contribution in [1.29, 1.82) is 0 Å². The molecule has 0 aliphatic carbocycles. The third-order valence-electron chi connectivity index (χ3n) is 3.85. The Morgan fingerprint density at radius 2 is 2.29 bits per heavy atom. The molecule has 0 radical (unpaired) electrons. The Morgan fingerprint density at radius 3 is 3.12 bits per heavy atom. The van der Waals surface area contributed by atoms with Crippen molar-refractivity contribution in [2.75, 3.05) is 26.2 Å². The Balaban J connectivity index is 1.60. The van der Waals surface area contributed by atoms with Gasteiger partial charge >= 0.3 is 0 Å². The van der Waals surface area contributed by atoms with Gasteiger partial charge in [-0.15, -0.1) is 0 Å². The first-order valence-electron chi connectivity index (χ1n) is 6.35. The fourth-order valence-electron chi connectivity index (χ4n) is 2.96. The summed E-state index contributed by atoms with van der Waals surface area (Å²) < 4.78 is 5.42. The minimum absolute atomic E-state index is 0.430. The lowest BCUT2D eigenvalue weighted by Crippen LogP contribution is -2.49. The molecule has 2 aliphatic heterocycles. The lowest BCUT2D eigenvalue weighted by atomic mass is 10.1.